The maximum Gasteiger partial charge on any atom is 0.326 e. The first kappa shape index (κ1) is 24.1. The molecular formula is C23H21NO10. The van der Waals surface area contributed by atoms with Crippen LogP contribution >= 0.6 is 0 Å². The Bertz CT molecular complexity index is 1170. The molecule has 178 valence electrons. The summed E-state index contributed by atoms with van der Waals surface area (Å²) in [5.74, 6) is -2.48. The summed E-state index contributed by atoms with van der Waals surface area (Å²) in [7, 11) is 3.01. The summed E-state index contributed by atoms with van der Waals surface area (Å²) in [6.07, 6.45) is 0.757. The van der Waals surface area contributed by atoms with Crippen LogP contribution in [0.3, 0.4) is 0 Å². The van der Waals surface area contributed by atoms with E-state index >= 15 is 0 Å². The van der Waals surface area contributed by atoms with Gasteiger partial charge in [0.25, 0.3) is 5.91 Å². The van der Waals surface area contributed by atoms with Gasteiger partial charge in [-0.05, 0) is 30.3 Å². The minimum atomic E-state index is -1.59. The van der Waals surface area contributed by atoms with E-state index in [1.165, 1.54) is 38.5 Å². The largest absolute Gasteiger partial charge is 0.497 e. The molecule has 0 aromatic heterocycles. The predicted molar refractivity (Wildman–Crippen MR) is 116 cm³/mol. The second kappa shape index (κ2) is 10.4. The number of rotatable bonds is 10. The molecule has 0 aliphatic carbocycles. The molecule has 0 fully saturated rings. The molecule has 0 spiro atoms. The van der Waals surface area contributed by atoms with Gasteiger partial charge >= 0.3 is 11.9 Å². The number of carboxylic acid groups (broad SMARTS) is 2. The molecule has 1 aliphatic heterocycles. The molecule has 0 bridgehead atoms. The van der Waals surface area contributed by atoms with Crippen molar-refractivity contribution in [2.45, 2.75) is 12.5 Å². The van der Waals surface area contributed by atoms with Gasteiger partial charge in [0.2, 0.25) is 5.78 Å². The Hall–Kier alpha value is -4.54. The first-order valence-electron chi connectivity index (χ1n) is 9.89. The monoisotopic (exact) mass is 471 g/mol. The Morgan fingerprint density at radius 3 is 2.44 bits per heavy atom. The summed E-state index contributed by atoms with van der Waals surface area (Å²) in [6.45, 7) is -0.568. The topological polar surface area (TPSA) is 158 Å². The average Bonchev–Trinajstić information content (AvgIpc) is 3.11. The molecule has 1 amide bonds. The second-order valence-electron chi connectivity index (χ2n) is 7.05. The fraction of sp³-hybridized carbons (Fsp3) is 0.217. The first-order chi connectivity index (χ1) is 16.2. The summed E-state index contributed by atoms with van der Waals surface area (Å²) in [6, 6.07) is 7.85. The van der Waals surface area contributed by atoms with E-state index in [1.807, 2.05) is 0 Å². The van der Waals surface area contributed by atoms with E-state index in [9.17, 15) is 19.2 Å². The molecular weight excluding hydrogens is 450 g/mol. The number of benzene rings is 2. The number of allylic oxidation sites excluding steroid dienone is 1. The van der Waals surface area contributed by atoms with Gasteiger partial charge < -0.3 is 34.5 Å². The van der Waals surface area contributed by atoms with Crippen molar-refractivity contribution >= 4 is 29.7 Å². The molecule has 0 radical (unpaired) electrons. The summed E-state index contributed by atoms with van der Waals surface area (Å²) < 4.78 is 21.5. The number of ketones is 1. The molecule has 1 heterocycles. The smallest absolute Gasteiger partial charge is 0.326 e. The molecule has 3 N–H and O–H groups in total. The van der Waals surface area contributed by atoms with Crippen LogP contribution in [0.25, 0.3) is 6.08 Å². The minimum Gasteiger partial charge on any atom is -0.497 e. The molecule has 3 rings (SSSR count). The highest BCUT2D eigenvalue weighted by Crippen LogP contribution is 2.36. The lowest BCUT2D eigenvalue weighted by atomic mass is 10.1. The summed E-state index contributed by atoms with van der Waals surface area (Å²) in [5.41, 5.74) is 0.893. The van der Waals surface area contributed by atoms with Crippen molar-refractivity contribution in [2.24, 2.45) is 0 Å². The van der Waals surface area contributed by atoms with Crippen LogP contribution in [0.15, 0.2) is 42.2 Å². The van der Waals surface area contributed by atoms with Gasteiger partial charge in [0.15, 0.2) is 12.4 Å². The van der Waals surface area contributed by atoms with Gasteiger partial charge in [-0.1, -0.05) is 0 Å². The number of amides is 1. The number of methoxy groups -OCH3 is 2. The zero-order valence-electron chi connectivity index (χ0n) is 18.2. The maximum atomic E-state index is 12.7. The van der Waals surface area contributed by atoms with Crippen molar-refractivity contribution in [1.29, 1.82) is 0 Å². The van der Waals surface area contributed by atoms with Gasteiger partial charge in [0.1, 0.15) is 29.0 Å². The Kier molecular flexibility index (Phi) is 7.36. The van der Waals surface area contributed by atoms with Gasteiger partial charge in [-0.2, -0.15) is 0 Å². The zero-order chi connectivity index (χ0) is 24.8. The van der Waals surface area contributed by atoms with E-state index in [2.05, 4.69) is 5.32 Å². The van der Waals surface area contributed by atoms with Crippen molar-refractivity contribution in [3.8, 4) is 23.0 Å². The number of fused-ring (bicyclic) bond motifs is 1. The molecule has 2 aromatic carbocycles. The molecule has 11 nitrogen and oxygen atoms in total. The molecule has 0 saturated heterocycles. The van der Waals surface area contributed by atoms with E-state index in [4.69, 9.17) is 29.2 Å². The minimum absolute atomic E-state index is 0.0614. The molecule has 34 heavy (non-hydrogen) atoms. The molecule has 1 aliphatic rings. The lowest BCUT2D eigenvalue weighted by molar-refractivity contribution is -0.147. The van der Waals surface area contributed by atoms with E-state index in [0.717, 1.165) is 0 Å². The van der Waals surface area contributed by atoms with Crippen molar-refractivity contribution < 1.29 is 48.3 Å². The second-order valence-corrected chi connectivity index (χ2v) is 7.05. The quantitative estimate of drug-likeness (QED) is 0.436. The molecule has 2 aromatic rings. The van der Waals surface area contributed by atoms with E-state index < -0.39 is 36.9 Å². The van der Waals surface area contributed by atoms with Crippen LogP contribution in [0, 0.1) is 0 Å². The van der Waals surface area contributed by atoms with E-state index in [1.54, 1.807) is 18.2 Å². The Morgan fingerprint density at radius 1 is 1.06 bits per heavy atom. The van der Waals surface area contributed by atoms with Crippen LogP contribution in [0.1, 0.15) is 22.3 Å². The number of aliphatic carboxylic acids is 2. The summed E-state index contributed by atoms with van der Waals surface area (Å²) >= 11 is 0. The Morgan fingerprint density at radius 2 is 1.79 bits per heavy atom. The van der Waals surface area contributed by atoms with Gasteiger partial charge in [-0.3, -0.25) is 14.4 Å². The van der Waals surface area contributed by atoms with Crippen LogP contribution in [-0.2, 0) is 14.4 Å². The first-order valence-corrected chi connectivity index (χ1v) is 9.89. The number of carbonyl (C=O) groups is 4. The SMILES string of the molecule is COc1ccc(/C=C2\Oc3cc(OCC(=O)N[C@@H](CC(=O)O)C(=O)O)ccc3C2=O)c(OC)c1. The highest BCUT2D eigenvalue weighted by atomic mass is 16.5. The van der Waals surface area contributed by atoms with Crippen molar-refractivity contribution in [2.75, 3.05) is 20.8 Å². The molecule has 11 heteroatoms. The highest BCUT2D eigenvalue weighted by molar-refractivity contribution is 6.14. The highest BCUT2D eigenvalue weighted by Gasteiger charge is 2.28. The number of carbonyl (C=O) groups excluding carboxylic acids is 2. The number of hydrogen-bond acceptors (Lipinski definition) is 8. The van der Waals surface area contributed by atoms with E-state index in [-0.39, 0.29) is 23.0 Å². The van der Waals surface area contributed by atoms with E-state index in [0.29, 0.717) is 22.6 Å². The van der Waals surface area contributed by atoms with Crippen LogP contribution in [0.5, 0.6) is 23.0 Å². The van der Waals surface area contributed by atoms with Crippen LogP contribution < -0.4 is 24.3 Å². The zero-order valence-corrected chi connectivity index (χ0v) is 18.2. The third-order valence-corrected chi connectivity index (χ3v) is 4.75. The third-order valence-electron chi connectivity index (χ3n) is 4.75. The van der Waals surface area contributed by atoms with Crippen molar-refractivity contribution in [3.05, 3.63) is 53.3 Å². The summed E-state index contributed by atoms with van der Waals surface area (Å²) in [4.78, 5) is 46.4. The number of nitrogens with one attached hydrogen (secondary N) is 1. The lowest BCUT2D eigenvalue weighted by Crippen LogP contribution is -2.44. The van der Waals surface area contributed by atoms with Gasteiger partial charge in [0.05, 0.1) is 26.2 Å². The van der Waals surface area contributed by atoms with Gasteiger partial charge in [0, 0.05) is 17.7 Å². The molecule has 0 saturated carbocycles. The Balaban J connectivity index is 1.69. The summed E-state index contributed by atoms with van der Waals surface area (Å²) in [5, 5.41) is 19.8. The van der Waals surface area contributed by atoms with Crippen LogP contribution in [0.4, 0.5) is 0 Å². The van der Waals surface area contributed by atoms with Gasteiger partial charge in [-0.15, -0.1) is 0 Å². The fourth-order valence-electron chi connectivity index (χ4n) is 3.10. The number of carboxylic acids is 2. The number of ether oxygens (including phenoxy) is 4. The van der Waals surface area contributed by atoms with Crippen LogP contribution in [0.2, 0.25) is 0 Å². The lowest BCUT2D eigenvalue weighted by Gasteiger charge is -2.13. The predicted octanol–water partition coefficient (Wildman–Crippen LogP) is 1.74. The van der Waals surface area contributed by atoms with Gasteiger partial charge in [-0.25, -0.2) is 4.79 Å². The normalized spacial score (nSPS) is 14.1. The standard InChI is InChI=1S/C23H21NO10/c1-31-13-4-3-12(17(8-13)32-2)7-19-22(28)15-6-5-14(9-18(15)34-19)33-11-20(25)24-16(23(29)30)10-21(26)27/h3-9,16H,10-11H2,1-2H3,(H,24,25)(H,26,27)(H,29,30)/b19-7-/t16-/m0/s1. The fourth-order valence-corrected chi connectivity index (χ4v) is 3.10. The van der Waals surface area contributed by atoms with Crippen molar-refractivity contribution in [3.63, 3.8) is 0 Å². The number of hydrogen-bond donors (Lipinski definition) is 3. The van der Waals surface area contributed by atoms with Crippen molar-refractivity contribution in [1.82, 2.24) is 5.32 Å². The molecule has 0 unspecified atom stereocenters. The number of Topliss-reactive ketones (excluding diaryl/α,β-unsaturated/α-hetero) is 1. The third kappa shape index (κ3) is 5.63. The van der Waals surface area contributed by atoms with Crippen LogP contribution in [-0.4, -0.2) is 60.7 Å². The molecule has 1 atom stereocenters. The average molecular weight is 471 g/mol. The Labute approximate surface area is 193 Å². The maximum absolute atomic E-state index is 12.7.